The number of nitrogen functional groups attached to an aromatic ring is 1. The van der Waals surface area contributed by atoms with E-state index in [1.54, 1.807) is 0 Å². The summed E-state index contributed by atoms with van der Waals surface area (Å²) >= 11 is 0. The molecule has 2 fully saturated rings. The molecule has 30 heavy (non-hydrogen) atoms. The molecule has 1 aliphatic heterocycles. The third-order valence-electron chi connectivity index (χ3n) is 6.70. The Hall–Kier alpha value is -2.82. The quantitative estimate of drug-likeness (QED) is 0.605. The maximum Gasteiger partial charge on any atom is 0.127 e. The molecule has 2 bridgehead atoms. The largest absolute Gasteiger partial charge is 0.457 e. The normalized spacial score (nSPS) is 25.9. The van der Waals surface area contributed by atoms with E-state index in [0.717, 1.165) is 55.2 Å². The number of piperidine rings is 1. The number of fused-ring (bicyclic) bond motifs is 2. The zero-order chi connectivity index (χ0) is 20.6. The summed E-state index contributed by atoms with van der Waals surface area (Å²) in [5.74, 6) is 2.18. The molecular weight excluding hydrogens is 372 g/mol. The van der Waals surface area contributed by atoms with Crippen LogP contribution < -0.4 is 10.5 Å². The van der Waals surface area contributed by atoms with Gasteiger partial charge in [-0.05, 0) is 60.4 Å². The van der Waals surface area contributed by atoms with Crippen LogP contribution in [0.1, 0.15) is 24.0 Å². The highest BCUT2D eigenvalue weighted by Crippen LogP contribution is 2.51. The Morgan fingerprint density at radius 3 is 2.30 bits per heavy atom. The number of benzene rings is 3. The molecule has 2 unspecified atom stereocenters. The van der Waals surface area contributed by atoms with Gasteiger partial charge in [-0.15, -0.1) is 0 Å². The first kappa shape index (κ1) is 19.2. The fourth-order valence-corrected chi connectivity index (χ4v) is 5.31. The van der Waals surface area contributed by atoms with Crippen LogP contribution >= 0.6 is 0 Å². The summed E-state index contributed by atoms with van der Waals surface area (Å²) in [6.45, 7) is 2.66. The predicted molar refractivity (Wildman–Crippen MR) is 119 cm³/mol. The average Bonchev–Trinajstić information content (AvgIpc) is 2.92. The Bertz CT molecular complexity index is 1010. The Balaban J connectivity index is 1.30. The van der Waals surface area contributed by atoms with Crippen molar-refractivity contribution in [3.05, 3.63) is 90.0 Å². The van der Waals surface area contributed by atoms with Crippen molar-refractivity contribution in [1.82, 2.24) is 4.90 Å². The van der Waals surface area contributed by atoms with E-state index >= 15 is 0 Å². The summed E-state index contributed by atoms with van der Waals surface area (Å²) in [5.41, 5.74) is 8.17. The van der Waals surface area contributed by atoms with Gasteiger partial charge in [-0.3, -0.25) is 4.90 Å². The summed E-state index contributed by atoms with van der Waals surface area (Å²) in [4.78, 5) is 2.48. The summed E-state index contributed by atoms with van der Waals surface area (Å²) in [7, 11) is 0. The number of nitrogens with two attached hydrogens (primary N) is 1. The first-order valence-corrected chi connectivity index (χ1v) is 10.7. The van der Waals surface area contributed by atoms with Gasteiger partial charge in [0.1, 0.15) is 11.5 Å². The molecule has 3 N–H and O–H groups in total. The molecule has 1 saturated heterocycles. The lowest BCUT2D eigenvalue weighted by atomic mass is 9.75. The minimum atomic E-state index is -0.760. The molecule has 0 spiro atoms. The first-order valence-electron chi connectivity index (χ1n) is 10.7. The van der Waals surface area contributed by atoms with Crippen molar-refractivity contribution >= 4 is 5.69 Å². The number of rotatable bonds is 5. The van der Waals surface area contributed by atoms with Crippen molar-refractivity contribution < 1.29 is 9.84 Å². The maximum absolute atomic E-state index is 11.7. The van der Waals surface area contributed by atoms with Crippen molar-refractivity contribution in [3.8, 4) is 11.5 Å². The highest BCUT2D eigenvalue weighted by atomic mass is 16.5. The van der Waals surface area contributed by atoms with E-state index < -0.39 is 5.60 Å². The number of aliphatic hydroxyl groups is 1. The van der Waals surface area contributed by atoms with Crippen molar-refractivity contribution in [3.63, 3.8) is 0 Å². The van der Waals surface area contributed by atoms with E-state index in [1.807, 2.05) is 60.7 Å². The minimum absolute atomic E-state index is 0.238. The molecule has 0 amide bonds. The van der Waals surface area contributed by atoms with Gasteiger partial charge >= 0.3 is 0 Å². The SMILES string of the molecule is Nc1cccc(C2(O)C3CCC2CN(Cc2cccc(Oc4ccccc4)c2)C3)c1. The molecule has 0 aromatic heterocycles. The number of ether oxygens (including phenoxy) is 1. The lowest BCUT2D eigenvalue weighted by Crippen LogP contribution is -2.51. The highest BCUT2D eigenvalue weighted by molar-refractivity contribution is 5.44. The predicted octanol–water partition coefficient (Wildman–Crippen LogP) is 4.79. The molecule has 2 atom stereocenters. The van der Waals surface area contributed by atoms with Crippen LogP contribution in [0.25, 0.3) is 0 Å². The maximum atomic E-state index is 11.7. The lowest BCUT2D eigenvalue weighted by Gasteiger charge is -2.45. The number of anilines is 1. The zero-order valence-corrected chi connectivity index (χ0v) is 17.1. The number of nitrogens with zero attached hydrogens (tertiary/aromatic N) is 1. The van der Waals surface area contributed by atoms with E-state index in [4.69, 9.17) is 10.5 Å². The third-order valence-corrected chi connectivity index (χ3v) is 6.70. The fraction of sp³-hybridized carbons (Fsp3) is 0.308. The Morgan fingerprint density at radius 2 is 1.57 bits per heavy atom. The molecule has 2 aliphatic rings. The molecule has 1 saturated carbocycles. The van der Waals surface area contributed by atoms with Crippen LogP contribution in [0.4, 0.5) is 5.69 Å². The monoisotopic (exact) mass is 400 g/mol. The number of para-hydroxylation sites is 1. The van der Waals surface area contributed by atoms with Crippen LogP contribution in [0.3, 0.4) is 0 Å². The van der Waals surface area contributed by atoms with E-state index in [-0.39, 0.29) is 11.8 Å². The highest BCUT2D eigenvalue weighted by Gasteiger charge is 2.53. The summed E-state index contributed by atoms with van der Waals surface area (Å²) < 4.78 is 5.99. The topological polar surface area (TPSA) is 58.7 Å². The standard InChI is InChI=1S/C26H28N2O2/c27-23-8-5-7-20(15-23)26(29)21-12-13-22(26)18-28(17-21)16-19-6-4-11-25(14-19)30-24-9-2-1-3-10-24/h1-11,14-15,21-22,29H,12-13,16-18,27H2. The lowest BCUT2D eigenvalue weighted by molar-refractivity contribution is -0.0914. The van der Waals surface area contributed by atoms with Gasteiger partial charge in [-0.1, -0.05) is 42.5 Å². The molecule has 154 valence electrons. The van der Waals surface area contributed by atoms with Crippen molar-refractivity contribution in [2.24, 2.45) is 11.8 Å². The number of hydrogen-bond donors (Lipinski definition) is 2. The fourth-order valence-electron chi connectivity index (χ4n) is 5.31. The number of hydrogen-bond acceptors (Lipinski definition) is 4. The van der Waals surface area contributed by atoms with Gasteiger partial charge in [0.2, 0.25) is 0 Å². The summed E-state index contributed by atoms with van der Waals surface area (Å²) in [6, 6.07) is 26.0. The van der Waals surface area contributed by atoms with Gasteiger partial charge in [0.15, 0.2) is 0 Å². The molecule has 1 aliphatic carbocycles. The zero-order valence-electron chi connectivity index (χ0n) is 17.1. The second-order valence-electron chi connectivity index (χ2n) is 8.68. The second-order valence-corrected chi connectivity index (χ2v) is 8.68. The summed E-state index contributed by atoms with van der Waals surface area (Å²) in [5, 5.41) is 11.7. The molecule has 0 radical (unpaired) electrons. The third kappa shape index (κ3) is 3.57. The van der Waals surface area contributed by atoms with Crippen molar-refractivity contribution in [1.29, 1.82) is 0 Å². The molecule has 3 aromatic rings. The van der Waals surface area contributed by atoms with E-state index in [2.05, 4.69) is 23.1 Å². The molecular formula is C26H28N2O2. The van der Waals surface area contributed by atoms with Crippen LogP contribution in [0.5, 0.6) is 11.5 Å². The van der Waals surface area contributed by atoms with Crippen LogP contribution in [0.15, 0.2) is 78.9 Å². The molecule has 4 heteroatoms. The molecule has 3 aromatic carbocycles. The van der Waals surface area contributed by atoms with Crippen molar-refractivity contribution in [2.75, 3.05) is 18.8 Å². The first-order chi connectivity index (χ1) is 14.6. The minimum Gasteiger partial charge on any atom is -0.457 e. The van der Waals surface area contributed by atoms with E-state index in [9.17, 15) is 5.11 Å². The van der Waals surface area contributed by atoms with Gasteiger partial charge in [-0.25, -0.2) is 0 Å². The Kier molecular flexibility index (Phi) is 4.97. The second kappa shape index (κ2) is 7.78. The van der Waals surface area contributed by atoms with Gasteiger partial charge in [-0.2, -0.15) is 0 Å². The average molecular weight is 401 g/mol. The van der Waals surface area contributed by atoms with Crippen LogP contribution in [0, 0.1) is 11.8 Å². The Labute approximate surface area is 177 Å². The van der Waals surface area contributed by atoms with Gasteiger partial charge in [0, 0.05) is 37.2 Å². The van der Waals surface area contributed by atoms with Crippen LogP contribution in [0.2, 0.25) is 0 Å². The smallest absolute Gasteiger partial charge is 0.127 e. The van der Waals surface area contributed by atoms with E-state index in [0.29, 0.717) is 0 Å². The van der Waals surface area contributed by atoms with Gasteiger partial charge in [0.25, 0.3) is 0 Å². The summed E-state index contributed by atoms with van der Waals surface area (Å²) in [6.07, 6.45) is 2.12. The Morgan fingerprint density at radius 1 is 0.867 bits per heavy atom. The van der Waals surface area contributed by atoms with Crippen LogP contribution in [-0.4, -0.2) is 23.1 Å². The van der Waals surface area contributed by atoms with Gasteiger partial charge in [0.05, 0.1) is 5.60 Å². The van der Waals surface area contributed by atoms with Crippen LogP contribution in [-0.2, 0) is 12.1 Å². The molecule has 4 nitrogen and oxygen atoms in total. The number of likely N-dealkylation sites (tertiary alicyclic amines) is 1. The van der Waals surface area contributed by atoms with E-state index in [1.165, 1.54) is 5.56 Å². The molecule has 5 rings (SSSR count). The molecule has 1 heterocycles. The van der Waals surface area contributed by atoms with Crippen molar-refractivity contribution in [2.45, 2.75) is 25.0 Å². The van der Waals surface area contributed by atoms with Gasteiger partial charge < -0.3 is 15.6 Å².